The molecular formula is C8H4Cl3N3. The Balaban J connectivity index is 2.63. The van der Waals surface area contributed by atoms with E-state index in [2.05, 4.69) is 10.2 Å². The Kier molecular flexibility index (Phi) is 2.63. The fourth-order valence-corrected chi connectivity index (χ4v) is 1.63. The molecule has 2 rings (SSSR count). The van der Waals surface area contributed by atoms with Crippen LogP contribution in [-0.4, -0.2) is 14.8 Å². The Labute approximate surface area is 95.2 Å². The summed E-state index contributed by atoms with van der Waals surface area (Å²) >= 11 is 17.6. The highest BCUT2D eigenvalue weighted by Crippen LogP contribution is 2.29. The molecule has 72 valence electrons. The molecule has 6 heteroatoms. The average molecular weight is 248 g/mol. The van der Waals surface area contributed by atoms with Crippen LogP contribution in [0.25, 0.3) is 5.69 Å². The molecule has 1 aromatic carbocycles. The van der Waals surface area contributed by atoms with Crippen molar-refractivity contribution >= 4 is 34.8 Å². The van der Waals surface area contributed by atoms with Crippen LogP contribution in [0.2, 0.25) is 15.3 Å². The zero-order valence-corrected chi connectivity index (χ0v) is 9.05. The van der Waals surface area contributed by atoms with Crippen molar-refractivity contribution in [1.29, 1.82) is 0 Å². The largest absolute Gasteiger partial charge is 0.271 e. The summed E-state index contributed by atoms with van der Waals surface area (Å²) in [6, 6.07) is 5.26. The van der Waals surface area contributed by atoms with Crippen molar-refractivity contribution in [1.82, 2.24) is 14.8 Å². The molecule has 0 atom stereocenters. The quantitative estimate of drug-likeness (QED) is 0.776. The van der Waals surface area contributed by atoms with Gasteiger partial charge in [-0.25, -0.2) is 0 Å². The van der Waals surface area contributed by atoms with Gasteiger partial charge in [-0.15, -0.1) is 10.2 Å². The summed E-state index contributed by atoms with van der Waals surface area (Å²) < 4.78 is 1.55. The first-order valence-electron chi connectivity index (χ1n) is 3.70. The molecule has 0 radical (unpaired) electrons. The second kappa shape index (κ2) is 3.77. The van der Waals surface area contributed by atoms with Gasteiger partial charge in [0.2, 0.25) is 5.28 Å². The van der Waals surface area contributed by atoms with E-state index < -0.39 is 0 Å². The molecular weight excluding hydrogens is 244 g/mol. The normalized spacial score (nSPS) is 10.5. The van der Waals surface area contributed by atoms with E-state index in [1.54, 1.807) is 22.8 Å². The van der Waals surface area contributed by atoms with Crippen LogP contribution >= 0.6 is 34.8 Å². The molecule has 0 saturated carbocycles. The Morgan fingerprint density at radius 2 is 1.93 bits per heavy atom. The van der Waals surface area contributed by atoms with E-state index in [1.807, 2.05) is 0 Å². The molecule has 0 saturated heterocycles. The molecule has 1 heterocycles. The summed E-state index contributed by atoms with van der Waals surface area (Å²) in [6.45, 7) is 0. The maximum Gasteiger partial charge on any atom is 0.229 e. The molecule has 0 spiro atoms. The van der Waals surface area contributed by atoms with Gasteiger partial charge in [-0.3, -0.25) is 4.57 Å². The van der Waals surface area contributed by atoms with Crippen molar-refractivity contribution in [2.24, 2.45) is 0 Å². The maximum absolute atomic E-state index is 5.99. The lowest BCUT2D eigenvalue weighted by atomic mass is 10.3. The van der Waals surface area contributed by atoms with Gasteiger partial charge in [-0.1, -0.05) is 29.3 Å². The number of halogens is 3. The molecule has 0 amide bonds. The fraction of sp³-hybridized carbons (Fsp3) is 0. The van der Waals surface area contributed by atoms with E-state index in [1.165, 1.54) is 6.33 Å². The Morgan fingerprint density at radius 1 is 1.14 bits per heavy atom. The molecule has 3 nitrogen and oxygen atoms in total. The minimum absolute atomic E-state index is 0.245. The Bertz CT molecular complexity index is 467. The molecule has 0 unspecified atom stereocenters. The number of nitrogens with zero attached hydrogens (tertiary/aromatic N) is 3. The minimum Gasteiger partial charge on any atom is -0.271 e. The zero-order valence-electron chi connectivity index (χ0n) is 6.78. The van der Waals surface area contributed by atoms with Crippen LogP contribution in [0, 0.1) is 0 Å². The third-order valence-corrected chi connectivity index (χ3v) is 2.76. The molecule has 14 heavy (non-hydrogen) atoms. The van der Waals surface area contributed by atoms with Gasteiger partial charge in [0.15, 0.2) is 0 Å². The zero-order chi connectivity index (χ0) is 10.1. The van der Waals surface area contributed by atoms with Crippen molar-refractivity contribution in [3.8, 4) is 5.69 Å². The van der Waals surface area contributed by atoms with E-state index in [4.69, 9.17) is 34.8 Å². The predicted octanol–water partition coefficient (Wildman–Crippen LogP) is 3.23. The smallest absolute Gasteiger partial charge is 0.229 e. The van der Waals surface area contributed by atoms with E-state index >= 15 is 0 Å². The number of rotatable bonds is 1. The van der Waals surface area contributed by atoms with Crippen molar-refractivity contribution in [3.63, 3.8) is 0 Å². The van der Waals surface area contributed by atoms with Crippen LogP contribution in [0.3, 0.4) is 0 Å². The lowest BCUT2D eigenvalue weighted by molar-refractivity contribution is 1.06. The summed E-state index contributed by atoms with van der Waals surface area (Å²) in [5.74, 6) is 0. The summed E-state index contributed by atoms with van der Waals surface area (Å²) in [6.07, 6.45) is 1.47. The summed E-state index contributed by atoms with van der Waals surface area (Å²) in [5.41, 5.74) is 0.661. The highest BCUT2D eigenvalue weighted by atomic mass is 35.5. The van der Waals surface area contributed by atoms with Crippen LogP contribution in [-0.2, 0) is 0 Å². The van der Waals surface area contributed by atoms with Gasteiger partial charge in [0.1, 0.15) is 6.33 Å². The first kappa shape index (κ1) is 9.77. The summed E-state index contributed by atoms with van der Waals surface area (Å²) in [7, 11) is 0. The van der Waals surface area contributed by atoms with Crippen LogP contribution in [0.5, 0.6) is 0 Å². The third kappa shape index (κ3) is 1.59. The Morgan fingerprint density at radius 3 is 2.57 bits per heavy atom. The van der Waals surface area contributed by atoms with Crippen molar-refractivity contribution in [3.05, 3.63) is 39.9 Å². The van der Waals surface area contributed by atoms with Crippen molar-refractivity contribution in [2.75, 3.05) is 0 Å². The molecule has 1 aromatic heterocycles. The van der Waals surface area contributed by atoms with E-state index in [0.29, 0.717) is 15.7 Å². The lowest BCUT2D eigenvalue weighted by Crippen LogP contribution is -1.93. The number of aromatic nitrogens is 3. The standard InChI is InChI=1S/C8H4Cl3N3/c9-5-2-1-3-6(7(5)10)14-4-12-13-8(14)11/h1-4H. The number of benzene rings is 1. The van der Waals surface area contributed by atoms with Gasteiger partial charge >= 0.3 is 0 Å². The minimum atomic E-state index is 0.245. The van der Waals surface area contributed by atoms with Gasteiger partial charge in [-0.05, 0) is 23.7 Å². The van der Waals surface area contributed by atoms with Crippen LogP contribution in [0.4, 0.5) is 0 Å². The molecule has 0 aliphatic carbocycles. The predicted molar refractivity (Wildman–Crippen MR) is 56.4 cm³/mol. The number of hydrogen-bond acceptors (Lipinski definition) is 2. The summed E-state index contributed by atoms with van der Waals surface area (Å²) in [4.78, 5) is 0. The highest BCUT2D eigenvalue weighted by molar-refractivity contribution is 6.43. The fourth-order valence-electron chi connectivity index (χ4n) is 1.06. The van der Waals surface area contributed by atoms with Crippen LogP contribution in [0.1, 0.15) is 0 Å². The van der Waals surface area contributed by atoms with Gasteiger partial charge in [0.05, 0.1) is 15.7 Å². The molecule has 0 aliphatic heterocycles. The maximum atomic E-state index is 5.99. The second-order valence-corrected chi connectivity index (χ2v) is 3.67. The molecule has 0 N–H and O–H groups in total. The molecule has 0 fully saturated rings. The third-order valence-electron chi connectivity index (χ3n) is 1.70. The summed E-state index contributed by atoms with van der Waals surface area (Å²) in [5, 5.41) is 8.43. The van der Waals surface area contributed by atoms with E-state index in [-0.39, 0.29) is 5.28 Å². The Hall–Kier alpha value is -0.770. The average Bonchev–Trinajstić information content (AvgIpc) is 2.57. The topological polar surface area (TPSA) is 30.7 Å². The molecule has 0 bridgehead atoms. The monoisotopic (exact) mass is 247 g/mol. The van der Waals surface area contributed by atoms with E-state index in [0.717, 1.165) is 0 Å². The van der Waals surface area contributed by atoms with Crippen LogP contribution in [0.15, 0.2) is 24.5 Å². The number of hydrogen-bond donors (Lipinski definition) is 0. The molecule has 0 aliphatic rings. The van der Waals surface area contributed by atoms with Crippen molar-refractivity contribution in [2.45, 2.75) is 0 Å². The molecule has 2 aromatic rings. The van der Waals surface area contributed by atoms with Crippen LogP contribution < -0.4 is 0 Å². The van der Waals surface area contributed by atoms with Gasteiger partial charge < -0.3 is 0 Å². The first-order valence-corrected chi connectivity index (χ1v) is 4.83. The van der Waals surface area contributed by atoms with Gasteiger partial charge in [0.25, 0.3) is 0 Å². The van der Waals surface area contributed by atoms with Gasteiger partial charge in [0, 0.05) is 0 Å². The SMILES string of the molecule is Clc1cccc(-n2cnnc2Cl)c1Cl. The van der Waals surface area contributed by atoms with E-state index in [9.17, 15) is 0 Å². The lowest BCUT2D eigenvalue weighted by Gasteiger charge is -2.05. The first-order chi connectivity index (χ1) is 6.70. The van der Waals surface area contributed by atoms with Gasteiger partial charge in [-0.2, -0.15) is 0 Å². The van der Waals surface area contributed by atoms with Crippen molar-refractivity contribution < 1.29 is 0 Å². The second-order valence-electron chi connectivity index (χ2n) is 2.54. The highest BCUT2D eigenvalue weighted by Gasteiger charge is 2.09.